The smallest absolute Gasteiger partial charge is 0.337 e. The third-order valence-corrected chi connectivity index (χ3v) is 6.58. The summed E-state index contributed by atoms with van der Waals surface area (Å²) in [5, 5.41) is 10.3. The van der Waals surface area contributed by atoms with Gasteiger partial charge in [0.25, 0.3) is 0 Å². The quantitative estimate of drug-likeness (QED) is 0.385. The number of aliphatic carboxylic acids is 1. The largest absolute Gasteiger partial charge is 0.479 e. The summed E-state index contributed by atoms with van der Waals surface area (Å²) in [6.45, 7) is 10.7. The number of hydrogen-bond donors (Lipinski definition) is 1. The Bertz CT molecular complexity index is 1260. The monoisotopic (exact) mass is 485 g/mol. The Hall–Kier alpha value is -3.44. The van der Waals surface area contributed by atoms with Gasteiger partial charge in [0.15, 0.2) is 11.9 Å². The van der Waals surface area contributed by atoms with Gasteiger partial charge in [-0.1, -0.05) is 60.2 Å². The molecule has 0 saturated heterocycles. The highest BCUT2D eigenvalue weighted by molar-refractivity contribution is 5.99. The number of carbonyl (C=O) groups is 2. The molecular weight excluding hydrogens is 450 g/mol. The third-order valence-electron chi connectivity index (χ3n) is 6.58. The molecule has 4 rings (SSSR count). The van der Waals surface area contributed by atoms with E-state index in [1.165, 1.54) is 0 Å². The zero-order valence-corrected chi connectivity index (χ0v) is 21.8. The number of carboxylic acid groups (broad SMARTS) is 1. The van der Waals surface area contributed by atoms with Gasteiger partial charge in [0.05, 0.1) is 12.1 Å². The van der Waals surface area contributed by atoms with Crippen molar-refractivity contribution >= 4 is 17.4 Å². The number of fused-ring (bicyclic) bond motifs is 1. The van der Waals surface area contributed by atoms with E-state index >= 15 is 0 Å². The minimum atomic E-state index is -1.10. The van der Waals surface area contributed by atoms with Gasteiger partial charge in [0.1, 0.15) is 0 Å². The lowest BCUT2D eigenvalue weighted by Gasteiger charge is -2.35. The molecule has 0 bridgehead atoms. The van der Waals surface area contributed by atoms with E-state index in [1.807, 2.05) is 83.1 Å². The SMILES string of the molecule is Cc1ccc(-c2c3c(cc(C)c2C(OC(C)(C)C)C(=O)O)N(CC(=O)c2ccccc2)CCC3)cc1. The highest BCUT2D eigenvalue weighted by Crippen LogP contribution is 2.44. The first-order valence-corrected chi connectivity index (χ1v) is 12.5. The lowest BCUT2D eigenvalue weighted by molar-refractivity contribution is -0.160. The van der Waals surface area contributed by atoms with Crippen LogP contribution in [-0.4, -0.2) is 35.5 Å². The van der Waals surface area contributed by atoms with Crippen molar-refractivity contribution in [3.8, 4) is 11.1 Å². The topological polar surface area (TPSA) is 66.8 Å². The second kappa shape index (κ2) is 10.3. The van der Waals surface area contributed by atoms with E-state index in [0.29, 0.717) is 11.1 Å². The molecule has 0 spiro atoms. The van der Waals surface area contributed by atoms with Crippen LogP contribution in [0.4, 0.5) is 5.69 Å². The lowest BCUT2D eigenvalue weighted by atomic mass is 9.83. The number of rotatable bonds is 7. The van der Waals surface area contributed by atoms with Crippen molar-refractivity contribution in [1.82, 2.24) is 0 Å². The van der Waals surface area contributed by atoms with Gasteiger partial charge < -0.3 is 14.7 Å². The molecule has 0 aromatic heterocycles. The Morgan fingerprint density at radius 2 is 1.69 bits per heavy atom. The molecule has 0 amide bonds. The number of aryl methyl sites for hydroxylation is 2. The molecule has 188 valence electrons. The van der Waals surface area contributed by atoms with Crippen molar-refractivity contribution < 1.29 is 19.4 Å². The fourth-order valence-corrected chi connectivity index (χ4v) is 4.99. The Morgan fingerprint density at radius 1 is 1.03 bits per heavy atom. The van der Waals surface area contributed by atoms with E-state index < -0.39 is 17.7 Å². The van der Waals surface area contributed by atoms with Gasteiger partial charge in [0, 0.05) is 23.4 Å². The average Bonchev–Trinajstić information content (AvgIpc) is 2.83. The maximum Gasteiger partial charge on any atom is 0.337 e. The van der Waals surface area contributed by atoms with Crippen LogP contribution >= 0.6 is 0 Å². The van der Waals surface area contributed by atoms with Crippen molar-refractivity contribution in [2.45, 2.75) is 59.2 Å². The standard InChI is InChI=1S/C31H35NO4/c1-20-13-15-23(16-14-20)28-24-12-9-17-32(19-26(33)22-10-7-6-8-11-22)25(24)18-21(2)27(28)29(30(34)35)36-31(3,4)5/h6-8,10-11,13-16,18,29H,9,12,17,19H2,1-5H3,(H,34,35). The predicted octanol–water partition coefficient (Wildman–Crippen LogP) is 6.55. The maximum atomic E-state index is 13.1. The highest BCUT2D eigenvalue weighted by atomic mass is 16.5. The summed E-state index contributed by atoms with van der Waals surface area (Å²) < 4.78 is 6.13. The summed E-state index contributed by atoms with van der Waals surface area (Å²) in [5.41, 5.74) is 6.70. The fourth-order valence-electron chi connectivity index (χ4n) is 4.99. The first-order valence-electron chi connectivity index (χ1n) is 12.5. The highest BCUT2D eigenvalue weighted by Gasteiger charge is 2.34. The molecule has 36 heavy (non-hydrogen) atoms. The Morgan fingerprint density at radius 3 is 2.31 bits per heavy atom. The lowest BCUT2D eigenvalue weighted by Crippen LogP contribution is -2.35. The molecule has 1 unspecified atom stereocenters. The molecule has 1 aliphatic heterocycles. The molecular formula is C31H35NO4. The Kier molecular flexibility index (Phi) is 7.32. The molecule has 0 aliphatic carbocycles. The molecule has 0 radical (unpaired) electrons. The number of benzene rings is 3. The first-order chi connectivity index (χ1) is 17.0. The second-order valence-electron chi connectivity index (χ2n) is 10.6. The third kappa shape index (κ3) is 5.52. The molecule has 1 aliphatic rings. The molecule has 0 fully saturated rings. The van der Waals surface area contributed by atoms with Gasteiger partial charge >= 0.3 is 5.97 Å². The van der Waals surface area contributed by atoms with E-state index in [0.717, 1.165) is 52.9 Å². The van der Waals surface area contributed by atoms with Gasteiger partial charge in [0.2, 0.25) is 0 Å². The van der Waals surface area contributed by atoms with Crippen molar-refractivity contribution in [2.75, 3.05) is 18.0 Å². The van der Waals surface area contributed by atoms with E-state index in [2.05, 4.69) is 17.0 Å². The van der Waals surface area contributed by atoms with E-state index in [1.54, 1.807) is 0 Å². The first kappa shape index (κ1) is 25.6. The Balaban J connectivity index is 1.88. The molecule has 1 heterocycles. The van der Waals surface area contributed by atoms with Crippen molar-refractivity contribution in [2.24, 2.45) is 0 Å². The van der Waals surface area contributed by atoms with Gasteiger partial charge in [-0.3, -0.25) is 4.79 Å². The van der Waals surface area contributed by atoms with Crippen LogP contribution in [0.2, 0.25) is 0 Å². The predicted molar refractivity (Wildman–Crippen MR) is 144 cm³/mol. The van der Waals surface area contributed by atoms with Crippen LogP contribution in [0.15, 0.2) is 60.7 Å². The summed E-state index contributed by atoms with van der Waals surface area (Å²) in [5.74, 6) is -0.935. The fraction of sp³-hybridized carbons (Fsp3) is 0.355. The van der Waals surface area contributed by atoms with E-state index in [-0.39, 0.29) is 12.3 Å². The van der Waals surface area contributed by atoms with Crippen molar-refractivity contribution in [3.63, 3.8) is 0 Å². The zero-order valence-electron chi connectivity index (χ0n) is 21.8. The van der Waals surface area contributed by atoms with Gasteiger partial charge in [-0.25, -0.2) is 4.79 Å². The van der Waals surface area contributed by atoms with Crippen LogP contribution < -0.4 is 4.90 Å². The van der Waals surface area contributed by atoms with Crippen LogP contribution in [0, 0.1) is 13.8 Å². The molecule has 1 N–H and O–H groups in total. The van der Waals surface area contributed by atoms with Gasteiger partial charge in [-0.2, -0.15) is 0 Å². The summed E-state index contributed by atoms with van der Waals surface area (Å²) in [6, 6.07) is 19.6. The van der Waals surface area contributed by atoms with Crippen LogP contribution in [0.1, 0.15) is 65.9 Å². The minimum absolute atomic E-state index is 0.0709. The minimum Gasteiger partial charge on any atom is -0.479 e. The summed E-state index contributed by atoms with van der Waals surface area (Å²) in [6.07, 6.45) is 0.589. The molecule has 5 heteroatoms. The Labute approximate surface area is 213 Å². The van der Waals surface area contributed by atoms with E-state index in [4.69, 9.17) is 4.74 Å². The number of carbonyl (C=O) groups excluding carboxylic acids is 1. The molecule has 0 saturated carbocycles. The number of Topliss-reactive ketones (excluding diaryl/α,β-unsaturated/α-hetero) is 1. The number of anilines is 1. The molecule has 3 aromatic rings. The number of nitrogens with zero attached hydrogens (tertiary/aromatic N) is 1. The van der Waals surface area contributed by atoms with E-state index in [9.17, 15) is 14.7 Å². The molecule has 3 aromatic carbocycles. The summed E-state index contributed by atoms with van der Waals surface area (Å²) in [7, 11) is 0. The summed E-state index contributed by atoms with van der Waals surface area (Å²) in [4.78, 5) is 27.7. The van der Waals surface area contributed by atoms with Crippen LogP contribution in [0.5, 0.6) is 0 Å². The zero-order chi connectivity index (χ0) is 26.0. The van der Waals surface area contributed by atoms with Gasteiger partial charge in [-0.05, 0) is 75.8 Å². The van der Waals surface area contributed by atoms with Crippen molar-refractivity contribution in [1.29, 1.82) is 0 Å². The van der Waals surface area contributed by atoms with Crippen LogP contribution in [0.3, 0.4) is 0 Å². The number of ether oxygens (including phenoxy) is 1. The van der Waals surface area contributed by atoms with Crippen molar-refractivity contribution in [3.05, 3.63) is 88.5 Å². The average molecular weight is 486 g/mol. The maximum absolute atomic E-state index is 13.1. The number of hydrogen-bond acceptors (Lipinski definition) is 4. The number of carboxylic acids is 1. The molecule has 5 nitrogen and oxygen atoms in total. The van der Waals surface area contributed by atoms with Crippen LogP contribution in [0.25, 0.3) is 11.1 Å². The van der Waals surface area contributed by atoms with Gasteiger partial charge in [-0.15, -0.1) is 0 Å². The summed E-state index contributed by atoms with van der Waals surface area (Å²) >= 11 is 0. The van der Waals surface area contributed by atoms with Crippen LogP contribution in [-0.2, 0) is 16.0 Å². The molecule has 1 atom stereocenters. The second-order valence-corrected chi connectivity index (χ2v) is 10.6. The normalized spacial score (nSPS) is 14.3. The number of ketones is 1.